The molecule has 6 nitrogen and oxygen atoms in total. The molecule has 1 N–H and O–H groups in total. The highest BCUT2D eigenvalue weighted by Crippen LogP contribution is 2.31. The first-order valence-electron chi connectivity index (χ1n) is 10.2. The van der Waals surface area contributed by atoms with E-state index in [1.165, 1.54) is 31.0 Å². The highest BCUT2D eigenvalue weighted by atomic mass is 79.9. The van der Waals surface area contributed by atoms with Crippen LogP contribution in [0.25, 0.3) is 22.6 Å². The molecule has 1 aliphatic rings. The molecule has 0 spiro atoms. The van der Waals surface area contributed by atoms with Crippen LogP contribution in [-0.2, 0) is 11.3 Å². The summed E-state index contributed by atoms with van der Waals surface area (Å²) in [7, 11) is 0. The highest BCUT2D eigenvalue weighted by molar-refractivity contribution is 9.10. The Morgan fingerprint density at radius 3 is 3.00 bits per heavy atom. The number of furan rings is 1. The fourth-order valence-electron chi connectivity index (χ4n) is 3.91. The number of thioether (sulfide) groups is 1. The number of carbonyl (C=O) groups is 1. The minimum atomic E-state index is 0.0436. The van der Waals surface area contributed by atoms with E-state index in [1.807, 2.05) is 28.8 Å². The van der Waals surface area contributed by atoms with E-state index < -0.39 is 0 Å². The van der Waals surface area contributed by atoms with Crippen molar-refractivity contribution in [3.63, 3.8) is 0 Å². The van der Waals surface area contributed by atoms with Crippen molar-refractivity contribution < 1.29 is 9.21 Å². The Morgan fingerprint density at radius 2 is 2.20 bits per heavy atom. The standard InChI is InChI=1S/C22H25BrN4O2S/c1-3-10-27-21(19-12-15-11-16(23)8-9-18(15)29-19)25-26-22(27)30-13-20(28)24-17-7-5-4-6-14(17)2/h3,8-9,11-12,14,17H,1,4-7,10,13H2,2H3,(H,24,28)/t14-,17+/m0/s1. The minimum Gasteiger partial charge on any atom is -0.453 e. The molecule has 158 valence electrons. The number of nitrogens with one attached hydrogen (secondary N) is 1. The van der Waals surface area contributed by atoms with Crippen LogP contribution < -0.4 is 5.32 Å². The molecule has 1 fully saturated rings. The fourth-order valence-corrected chi connectivity index (χ4v) is 5.04. The molecule has 1 saturated carbocycles. The van der Waals surface area contributed by atoms with Crippen LogP contribution in [0.15, 0.2) is 51.0 Å². The second kappa shape index (κ2) is 9.39. The lowest BCUT2D eigenvalue weighted by atomic mass is 9.86. The van der Waals surface area contributed by atoms with E-state index in [-0.39, 0.29) is 11.9 Å². The molecule has 8 heteroatoms. The Bertz CT molecular complexity index is 1060. The summed E-state index contributed by atoms with van der Waals surface area (Å²) in [5, 5.41) is 13.5. The number of nitrogens with zero attached hydrogens (tertiary/aromatic N) is 3. The van der Waals surface area contributed by atoms with Gasteiger partial charge < -0.3 is 9.73 Å². The molecular weight excluding hydrogens is 464 g/mol. The highest BCUT2D eigenvalue weighted by Gasteiger charge is 2.23. The summed E-state index contributed by atoms with van der Waals surface area (Å²) in [5.74, 6) is 2.17. The Morgan fingerprint density at radius 1 is 1.37 bits per heavy atom. The van der Waals surface area contributed by atoms with Crippen molar-refractivity contribution in [2.75, 3.05) is 5.75 Å². The van der Waals surface area contributed by atoms with Gasteiger partial charge in [-0.3, -0.25) is 9.36 Å². The summed E-state index contributed by atoms with van der Waals surface area (Å²) >= 11 is 4.88. The summed E-state index contributed by atoms with van der Waals surface area (Å²) in [4.78, 5) is 12.5. The van der Waals surface area contributed by atoms with Crippen molar-refractivity contribution in [1.82, 2.24) is 20.1 Å². The summed E-state index contributed by atoms with van der Waals surface area (Å²) < 4.78 is 8.90. The quantitative estimate of drug-likeness (QED) is 0.354. The Labute approximate surface area is 188 Å². The first kappa shape index (κ1) is 21.2. The van der Waals surface area contributed by atoms with Crippen molar-refractivity contribution >= 4 is 44.6 Å². The molecular formula is C22H25BrN4O2S. The molecule has 0 bridgehead atoms. The Balaban J connectivity index is 1.49. The van der Waals surface area contributed by atoms with Crippen LogP contribution in [0.5, 0.6) is 0 Å². The Hall–Kier alpha value is -2.06. The van der Waals surface area contributed by atoms with E-state index in [0.29, 0.717) is 35.0 Å². The number of hydrogen-bond donors (Lipinski definition) is 1. The molecule has 30 heavy (non-hydrogen) atoms. The van der Waals surface area contributed by atoms with Crippen LogP contribution in [0.3, 0.4) is 0 Å². The zero-order valence-electron chi connectivity index (χ0n) is 16.9. The molecule has 2 aromatic heterocycles. The van der Waals surface area contributed by atoms with Crippen molar-refractivity contribution in [1.29, 1.82) is 0 Å². The first-order valence-corrected chi connectivity index (χ1v) is 12.0. The van der Waals surface area contributed by atoms with E-state index >= 15 is 0 Å². The minimum absolute atomic E-state index is 0.0436. The number of rotatable bonds is 7. The average molecular weight is 489 g/mol. The molecule has 1 aliphatic carbocycles. The number of halogens is 1. The Kier molecular flexibility index (Phi) is 6.63. The van der Waals surface area contributed by atoms with E-state index in [1.54, 1.807) is 6.08 Å². The zero-order valence-corrected chi connectivity index (χ0v) is 19.3. The molecule has 4 rings (SSSR count). The number of fused-ring (bicyclic) bond motifs is 1. The van der Waals surface area contributed by atoms with Crippen molar-refractivity contribution in [2.45, 2.75) is 50.4 Å². The second-order valence-corrected chi connectivity index (χ2v) is 9.58. The van der Waals surface area contributed by atoms with E-state index in [9.17, 15) is 4.79 Å². The maximum Gasteiger partial charge on any atom is 0.230 e. The molecule has 2 heterocycles. The third-order valence-electron chi connectivity index (χ3n) is 5.52. The maximum atomic E-state index is 12.5. The van der Waals surface area contributed by atoms with Gasteiger partial charge >= 0.3 is 0 Å². The SMILES string of the molecule is C=CCn1c(SCC(=O)N[C@@H]2CCCC[C@@H]2C)nnc1-c1cc2cc(Br)ccc2o1. The van der Waals surface area contributed by atoms with Gasteiger partial charge in [0.15, 0.2) is 10.9 Å². The van der Waals surface area contributed by atoms with Crippen LogP contribution in [0.2, 0.25) is 0 Å². The van der Waals surface area contributed by atoms with Crippen molar-refractivity contribution in [2.24, 2.45) is 5.92 Å². The van der Waals surface area contributed by atoms with E-state index in [4.69, 9.17) is 4.42 Å². The van der Waals surface area contributed by atoms with Crippen molar-refractivity contribution in [3.05, 3.63) is 41.4 Å². The van der Waals surface area contributed by atoms with E-state index in [0.717, 1.165) is 21.9 Å². The van der Waals surface area contributed by atoms with E-state index in [2.05, 4.69) is 44.9 Å². The molecule has 3 aromatic rings. The van der Waals surface area contributed by atoms with Crippen LogP contribution in [0, 0.1) is 5.92 Å². The zero-order chi connectivity index (χ0) is 21.1. The monoisotopic (exact) mass is 488 g/mol. The molecule has 1 amide bonds. The molecule has 0 aliphatic heterocycles. The van der Waals surface area contributed by atoms with Crippen LogP contribution in [-0.4, -0.2) is 32.5 Å². The third-order valence-corrected chi connectivity index (χ3v) is 6.98. The summed E-state index contributed by atoms with van der Waals surface area (Å²) in [6.45, 7) is 6.60. The predicted molar refractivity (Wildman–Crippen MR) is 123 cm³/mol. The van der Waals surface area contributed by atoms with Gasteiger partial charge in [-0.2, -0.15) is 0 Å². The molecule has 0 unspecified atom stereocenters. The lowest BCUT2D eigenvalue weighted by molar-refractivity contribution is -0.119. The molecule has 1 aromatic carbocycles. The number of hydrogen-bond acceptors (Lipinski definition) is 5. The van der Waals surface area contributed by atoms with Crippen LogP contribution >= 0.6 is 27.7 Å². The number of amides is 1. The molecule has 0 saturated heterocycles. The van der Waals surface area contributed by atoms with Crippen molar-refractivity contribution in [3.8, 4) is 11.6 Å². The van der Waals surface area contributed by atoms with Gasteiger partial charge in [-0.1, -0.05) is 53.5 Å². The molecule has 2 atom stereocenters. The summed E-state index contributed by atoms with van der Waals surface area (Å²) in [6.07, 6.45) is 6.49. The van der Waals surface area contributed by atoms with Gasteiger partial charge in [-0.05, 0) is 43.0 Å². The largest absolute Gasteiger partial charge is 0.453 e. The predicted octanol–water partition coefficient (Wildman–Crippen LogP) is 5.43. The topological polar surface area (TPSA) is 73.0 Å². The van der Waals surface area contributed by atoms with Gasteiger partial charge in [0.2, 0.25) is 11.7 Å². The smallest absolute Gasteiger partial charge is 0.230 e. The number of allylic oxidation sites excluding steroid dienone is 1. The summed E-state index contributed by atoms with van der Waals surface area (Å²) in [6, 6.07) is 8.10. The lowest BCUT2D eigenvalue weighted by Crippen LogP contribution is -2.41. The van der Waals surface area contributed by atoms with Gasteiger partial charge in [0.25, 0.3) is 0 Å². The van der Waals surface area contributed by atoms with Gasteiger partial charge in [0.1, 0.15) is 5.58 Å². The summed E-state index contributed by atoms with van der Waals surface area (Å²) in [5.41, 5.74) is 0.788. The number of aromatic nitrogens is 3. The number of benzene rings is 1. The van der Waals surface area contributed by atoms with Gasteiger partial charge in [0.05, 0.1) is 5.75 Å². The molecule has 0 radical (unpaired) electrons. The van der Waals surface area contributed by atoms with Crippen LogP contribution in [0.1, 0.15) is 32.6 Å². The fraction of sp³-hybridized carbons (Fsp3) is 0.409. The van der Waals surface area contributed by atoms with Gasteiger partial charge in [-0.25, -0.2) is 0 Å². The second-order valence-electron chi connectivity index (χ2n) is 7.72. The van der Waals surface area contributed by atoms with Gasteiger partial charge in [0, 0.05) is 22.4 Å². The number of carbonyl (C=O) groups excluding carboxylic acids is 1. The van der Waals surface area contributed by atoms with Gasteiger partial charge in [-0.15, -0.1) is 16.8 Å². The average Bonchev–Trinajstić information content (AvgIpc) is 3.32. The van der Waals surface area contributed by atoms with Crippen LogP contribution in [0.4, 0.5) is 0 Å². The third kappa shape index (κ3) is 4.64. The first-order chi connectivity index (χ1) is 14.5. The maximum absolute atomic E-state index is 12.5. The lowest BCUT2D eigenvalue weighted by Gasteiger charge is -2.29. The normalized spacial score (nSPS) is 19.1.